The number of nitrogens with zero attached hydrogens (tertiary/aromatic N) is 2. The largest absolute Gasteiger partial charge is 0.302 e. The molecule has 2 nitrogen and oxygen atoms in total. The Morgan fingerprint density at radius 3 is 2.04 bits per heavy atom. The van der Waals surface area contributed by atoms with Gasteiger partial charge in [0.1, 0.15) is 6.67 Å². The van der Waals surface area contributed by atoms with Crippen LogP contribution in [0.1, 0.15) is 27.8 Å². The molecule has 24 heavy (non-hydrogen) atoms. The molecule has 128 valence electrons. The summed E-state index contributed by atoms with van der Waals surface area (Å²) in [5, 5.41) is 0. The van der Waals surface area contributed by atoms with E-state index in [0.717, 1.165) is 31.6 Å². The molecule has 0 bridgehead atoms. The van der Waals surface area contributed by atoms with E-state index < -0.39 is 0 Å². The van der Waals surface area contributed by atoms with Crippen molar-refractivity contribution in [3.05, 3.63) is 70.3 Å². The van der Waals surface area contributed by atoms with Crippen LogP contribution in [0.5, 0.6) is 0 Å². The third-order valence-corrected chi connectivity index (χ3v) is 4.95. The molecule has 0 saturated heterocycles. The van der Waals surface area contributed by atoms with Crippen LogP contribution >= 0.6 is 0 Å². The molecule has 2 aromatic rings. The highest BCUT2D eigenvalue weighted by Crippen LogP contribution is 2.19. The SMILES string of the molecule is CN1CCc2cc(CF)ccc2C1.CN1CCc2ccccc2C1. The van der Waals surface area contributed by atoms with Gasteiger partial charge in [-0.25, -0.2) is 4.39 Å². The van der Waals surface area contributed by atoms with Gasteiger partial charge in [0, 0.05) is 26.2 Å². The maximum atomic E-state index is 12.4. The van der Waals surface area contributed by atoms with Gasteiger partial charge in [-0.3, -0.25) is 0 Å². The summed E-state index contributed by atoms with van der Waals surface area (Å²) in [6, 6.07) is 14.7. The molecular formula is C21H27FN2. The van der Waals surface area contributed by atoms with Crippen LogP contribution in [0.4, 0.5) is 4.39 Å². The highest BCUT2D eigenvalue weighted by atomic mass is 19.1. The Morgan fingerprint density at radius 2 is 1.38 bits per heavy atom. The monoisotopic (exact) mass is 326 g/mol. The van der Waals surface area contributed by atoms with E-state index in [0.29, 0.717) is 0 Å². The summed E-state index contributed by atoms with van der Waals surface area (Å²) in [6.07, 6.45) is 2.27. The second kappa shape index (κ2) is 7.91. The van der Waals surface area contributed by atoms with Crippen molar-refractivity contribution < 1.29 is 4.39 Å². The lowest BCUT2D eigenvalue weighted by Crippen LogP contribution is -2.26. The fraction of sp³-hybridized carbons (Fsp3) is 0.429. The highest BCUT2D eigenvalue weighted by Gasteiger charge is 2.13. The normalized spacial score (nSPS) is 17.5. The van der Waals surface area contributed by atoms with E-state index in [4.69, 9.17) is 0 Å². The first-order chi connectivity index (χ1) is 11.7. The Balaban J connectivity index is 0.000000143. The number of rotatable bonds is 1. The predicted molar refractivity (Wildman–Crippen MR) is 97.8 cm³/mol. The third-order valence-electron chi connectivity index (χ3n) is 4.95. The summed E-state index contributed by atoms with van der Waals surface area (Å²) in [6.45, 7) is 4.07. The molecule has 2 heterocycles. The zero-order valence-electron chi connectivity index (χ0n) is 14.8. The van der Waals surface area contributed by atoms with Crippen LogP contribution in [0, 0.1) is 0 Å². The maximum Gasteiger partial charge on any atom is 0.115 e. The maximum absolute atomic E-state index is 12.4. The van der Waals surface area contributed by atoms with Crippen LogP contribution < -0.4 is 0 Å². The number of likely N-dealkylation sites (N-methyl/N-ethyl adjacent to an activating group) is 2. The molecule has 0 aromatic heterocycles. The second-order valence-electron chi connectivity index (χ2n) is 6.98. The third kappa shape index (κ3) is 4.22. The Morgan fingerprint density at radius 1 is 0.792 bits per heavy atom. The van der Waals surface area contributed by atoms with E-state index in [1.807, 2.05) is 12.1 Å². The molecule has 2 aliphatic heterocycles. The quantitative estimate of drug-likeness (QED) is 0.786. The molecule has 0 radical (unpaired) electrons. The van der Waals surface area contributed by atoms with Gasteiger partial charge in [0.05, 0.1) is 0 Å². The average Bonchev–Trinajstić information content (AvgIpc) is 2.61. The van der Waals surface area contributed by atoms with Crippen molar-refractivity contribution in [1.29, 1.82) is 0 Å². The van der Waals surface area contributed by atoms with Crippen molar-refractivity contribution in [1.82, 2.24) is 9.80 Å². The molecule has 3 heteroatoms. The Kier molecular flexibility index (Phi) is 5.64. The second-order valence-corrected chi connectivity index (χ2v) is 6.98. The van der Waals surface area contributed by atoms with Crippen LogP contribution in [0.15, 0.2) is 42.5 Å². The van der Waals surface area contributed by atoms with Gasteiger partial charge in [-0.15, -0.1) is 0 Å². The predicted octanol–water partition coefficient (Wildman–Crippen LogP) is 3.82. The number of hydrogen-bond donors (Lipinski definition) is 0. The highest BCUT2D eigenvalue weighted by molar-refractivity contribution is 5.33. The van der Waals surface area contributed by atoms with E-state index in [-0.39, 0.29) is 6.67 Å². The number of hydrogen-bond acceptors (Lipinski definition) is 2. The van der Waals surface area contributed by atoms with Gasteiger partial charge >= 0.3 is 0 Å². The molecule has 0 atom stereocenters. The molecule has 0 fully saturated rings. The van der Waals surface area contributed by atoms with E-state index in [2.05, 4.69) is 54.2 Å². The number of alkyl halides is 1. The van der Waals surface area contributed by atoms with E-state index in [1.54, 1.807) is 0 Å². The lowest BCUT2D eigenvalue weighted by molar-refractivity contribution is 0.312. The summed E-state index contributed by atoms with van der Waals surface area (Å²) >= 11 is 0. The van der Waals surface area contributed by atoms with Gasteiger partial charge in [0.25, 0.3) is 0 Å². The van der Waals surface area contributed by atoms with Gasteiger partial charge < -0.3 is 9.80 Å². The van der Waals surface area contributed by atoms with Crippen LogP contribution in [0.25, 0.3) is 0 Å². The molecule has 0 spiro atoms. The number of fused-ring (bicyclic) bond motifs is 2. The van der Waals surface area contributed by atoms with Gasteiger partial charge in [-0.05, 0) is 54.8 Å². The molecule has 0 aliphatic carbocycles. The lowest BCUT2D eigenvalue weighted by Gasteiger charge is -2.25. The van der Waals surface area contributed by atoms with Crippen molar-refractivity contribution in [3.63, 3.8) is 0 Å². The van der Waals surface area contributed by atoms with Gasteiger partial charge in [-0.2, -0.15) is 0 Å². The first-order valence-corrected chi connectivity index (χ1v) is 8.76. The number of benzene rings is 2. The molecule has 0 N–H and O–H groups in total. The summed E-state index contributed by atoms with van der Waals surface area (Å²) in [5.41, 5.74) is 6.52. The van der Waals surface area contributed by atoms with E-state index in [9.17, 15) is 4.39 Å². The Hall–Kier alpha value is -1.71. The fourth-order valence-corrected chi connectivity index (χ4v) is 3.47. The minimum Gasteiger partial charge on any atom is -0.302 e. The molecule has 2 aromatic carbocycles. The van der Waals surface area contributed by atoms with Crippen LogP contribution in [-0.4, -0.2) is 37.0 Å². The summed E-state index contributed by atoms with van der Waals surface area (Å²) < 4.78 is 12.4. The fourth-order valence-electron chi connectivity index (χ4n) is 3.47. The first-order valence-electron chi connectivity index (χ1n) is 8.76. The zero-order valence-corrected chi connectivity index (χ0v) is 14.8. The van der Waals surface area contributed by atoms with Gasteiger partial charge in [0.2, 0.25) is 0 Å². The van der Waals surface area contributed by atoms with Crippen molar-refractivity contribution >= 4 is 0 Å². The summed E-state index contributed by atoms with van der Waals surface area (Å²) in [5.74, 6) is 0. The molecule has 0 unspecified atom stereocenters. The zero-order chi connectivity index (χ0) is 16.9. The van der Waals surface area contributed by atoms with Crippen LogP contribution in [-0.2, 0) is 32.6 Å². The standard InChI is InChI=1S/C11H14FN.C10H13N/c1-13-5-4-10-6-9(7-12)2-3-11(10)8-13;1-11-7-6-9-4-2-3-5-10(9)8-11/h2-3,6H,4-5,7-8H2,1H3;2-5H,6-8H2,1H3. The van der Waals surface area contributed by atoms with Crippen molar-refractivity contribution in [3.8, 4) is 0 Å². The molecule has 2 aliphatic rings. The van der Waals surface area contributed by atoms with Crippen LogP contribution in [0.2, 0.25) is 0 Å². The molecule has 0 amide bonds. The van der Waals surface area contributed by atoms with Crippen LogP contribution in [0.3, 0.4) is 0 Å². The van der Waals surface area contributed by atoms with Crippen molar-refractivity contribution in [2.45, 2.75) is 32.6 Å². The van der Waals surface area contributed by atoms with Gasteiger partial charge in [-0.1, -0.05) is 42.5 Å². The average molecular weight is 326 g/mol. The van der Waals surface area contributed by atoms with Crippen molar-refractivity contribution in [2.24, 2.45) is 0 Å². The van der Waals surface area contributed by atoms with E-state index in [1.165, 1.54) is 35.2 Å². The van der Waals surface area contributed by atoms with Crippen molar-refractivity contribution in [2.75, 3.05) is 27.2 Å². The minimum absolute atomic E-state index is 0.344. The lowest BCUT2D eigenvalue weighted by atomic mass is 9.98. The topological polar surface area (TPSA) is 6.48 Å². The number of halogens is 1. The Bertz CT molecular complexity index is 683. The Labute approximate surface area is 144 Å². The summed E-state index contributed by atoms with van der Waals surface area (Å²) in [4.78, 5) is 4.65. The first kappa shape index (κ1) is 17.1. The summed E-state index contributed by atoms with van der Waals surface area (Å²) in [7, 11) is 4.29. The van der Waals surface area contributed by atoms with Gasteiger partial charge in [0.15, 0.2) is 0 Å². The molecular weight excluding hydrogens is 299 g/mol. The molecule has 4 rings (SSSR count). The van der Waals surface area contributed by atoms with E-state index >= 15 is 0 Å². The molecule has 0 saturated carbocycles. The minimum atomic E-state index is -0.344. The smallest absolute Gasteiger partial charge is 0.115 e.